The van der Waals surface area contributed by atoms with Gasteiger partial charge in [0.15, 0.2) is 11.6 Å². The van der Waals surface area contributed by atoms with Crippen LogP contribution in [-0.4, -0.2) is 29.1 Å². The fourth-order valence-electron chi connectivity index (χ4n) is 2.76. The summed E-state index contributed by atoms with van der Waals surface area (Å²) in [5.41, 5.74) is 6.01. The van der Waals surface area contributed by atoms with Crippen LogP contribution in [0.4, 0.5) is 10.2 Å². The van der Waals surface area contributed by atoms with Crippen molar-refractivity contribution in [3.8, 4) is 0 Å². The van der Waals surface area contributed by atoms with Crippen LogP contribution in [-0.2, 0) is 0 Å². The first-order valence-corrected chi connectivity index (χ1v) is 7.18. The van der Waals surface area contributed by atoms with E-state index < -0.39 is 0 Å². The number of hydrogen-bond donors (Lipinski definition) is 1. The number of hydrogen-bond acceptors (Lipinski definition) is 4. The molecular weight excluding hydrogens is 243 g/mol. The molecule has 2 N–H and O–H groups in total. The second-order valence-corrected chi connectivity index (χ2v) is 5.22. The van der Waals surface area contributed by atoms with Gasteiger partial charge in [0.1, 0.15) is 6.33 Å². The molecular formula is C14H23FN4. The topological polar surface area (TPSA) is 55.0 Å². The fourth-order valence-corrected chi connectivity index (χ4v) is 2.76. The Morgan fingerprint density at radius 1 is 1.32 bits per heavy atom. The first kappa shape index (κ1) is 14.2. The van der Waals surface area contributed by atoms with Crippen LogP contribution in [0.15, 0.2) is 6.33 Å². The quantitative estimate of drug-likeness (QED) is 0.889. The maximum Gasteiger partial charge on any atom is 0.186 e. The molecule has 1 saturated carbocycles. The zero-order chi connectivity index (χ0) is 13.7. The minimum atomic E-state index is -0.287. The second-order valence-electron chi connectivity index (χ2n) is 5.22. The molecule has 1 fully saturated rings. The smallest absolute Gasteiger partial charge is 0.186 e. The van der Waals surface area contributed by atoms with Gasteiger partial charge < -0.3 is 10.6 Å². The lowest BCUT2D eigenvalue weighted by Crippen LogP contribution is -2.39. The van der Waals surface area contributed by atoms with Crippen molar-refractivity contribution < 1.29 is 4.39 Å². The normalized spacial score (nSPS) is 16.6. The third kappa shape index (κ3) is 3.41. The molecule has 0 saturated heterocycles. The molecule has 106 valence electrons. The van der Waals surface area contributed by atoms with Gasteiger partial charge in [-0.1, -0.05) is 19.3 Å². The molecule has 5 heteroatoms. The molecule has 1 aromatic heterocycles. The molecule has 1 aliphatic rings. The van der Waals surface area contributed by atoms with Crippen LogP contribution in [0.5, 0.6) is 0 Å². The van der Waals surface area contributed by atoms with Crippen LogP contribution in [0.2, 0.25) is 0 Å². The van der Waals surface area contributed by atoms with Gasteiger partial charge in [-0.25, -0.2) is 14.4 Å². The first-order valence-electron chi connectivity index (χ1n) is 7.18. The molecule has 1 heterocycles. The van der Waals surface area contributed by atoms with E-state index in [9.17, 15) is 4.39 Å². The second kappa shape index (κ2) is 6.80. The molecule has 1 aliphatic carbocycles. The Labute approximate surface area is 114 Å². The number of nitrogens with two attached hydrogens (primary N) is 1. The van der Waals surface area contributed by atoms with Crippen molar-refractivity contribution >= 4 is 5.82 Å². The molecule has 1 aromatic rings. The average molecular weight is 266 g/mol. The maximum absolute atomic E-state index is 14.2. The predicted octanol–water partition coefficient (Wildman–Crippen LogP) is 2.41. The van der Waals surface area contributed by atoms with Gasteiger partial charge in [-0.05, 0) is 32.7 Å². The number of aryl methyl sites for hydroxylation is 1. The lowest BCUT2D eigenvalue weighted by atomic mass is 9.94. The van der Waals surface area contributed by atoms with E-state index in [0.717, 1.165) is 25.8 Å². The third-order valence-electron chi connectivity index (χ3n) is 3.84. The largest absolute Gasteiger partial charge is 0.351 e. The van der Waals surface area contributed by atoms with E-state index >= 15 is 0 Å². The molecule has 0 spiro atoms. The van der Waals surface area contributed by atoms with Gasteiger partial charge in [0.2, 0.25) is 0 Å². The van der Waals surface area contributed by atoms with Crippen molar-refractivity contribution in [1.82, 2.24) is 9.97 Å². The van der Waals surface area contributed by atoms with E-state index in [4.69, 9.17) is 5.73 Å². The minimum Gasteiger partial charge on any atom is -0.351 e. The van der Waals surface area contributed by atoms with E-state index in [0.29, 0.717) is 24.1 Å². The van der Waals surface area contributed by atoms with Gasteiger partial charge in [0, 0.05) is 12.6 Å². The van der Waals surface area contributed by atoms with Gasteiger partial charge in [-0.2, -0.15) is 0 Å². The fraction of sp³-hybridized carbons (Fsp3) is 0.714. The average Bonchev–Trinajstić information content (AvgIpc) is 2.45. The molecule has 19 heavy (non-hydrogen) atoms. The highest BCUT2D eigenvalue weighted by Gasteiger charge is 2.24. The zero-order valence-corrected chi connectivity index (χ0v) is 11.6. The van der Waals surface area contributed by atoms with Crippen LogP contribution in [0.25, 0.3) is 0 Å². The number of aromatic nitrogens is 2. The molecule has 0 radical (unpaired) electrons. The third-order valence-corrected chi connectivity index (χ3v) is 3.84. The Balaban J connectivity index is 2.22. The standard InChI is InChI=1S/C14H23FN4/c1-11-13(15)14(18-10-17-11)19(9-5-8-16)12-6-3-2-4-7-12/h10,12H,2-9,16H2,1H3. The molecule has 0 atom stereocenters. The van der Waals surface area contributed by atoms with Gasteiger partial charge in [0.25, 0.3) is 0 Å². The highest BCUT2D eigenvalue weighted by atomic mass is 19.1. The molecule has 0 amide bonds. The summed E-state index contributed by atoms with van der Waals surface area (Å²) in [5.74, 6) is 0.165. The van der Waals surface area contributed by atoms with Crippen molar-refractivity contribution in [2.45, 2.75) is 51.5 Å². The van der Waals surface area contributed by atoms with Crippen molar-refractivity contribution in [3.05, 3.63) is 17.8 Å². The van der Waals surface area contributed by atoms with Crippen molar-refractivity contribution in [3.63, 3.8) is 0 Å². The van der Waals surface area contributed by atoms with E-state index in [-0.39, 0.29) is 5.82 Å². The molecule has 2 rings (SSSR count). The van der Waals surface area contributed by atoms with E-state index in [1.165, 1.54) is 25.6 Å². The van der Waals surface area contributed by atoms with Crippen LogP contribution in [0.3, 0.4) is 0 Å². The Hall–Kier alpha value is -1.23. The van der Waals surface area contributed by atoms with Gasteiger partial charge in [-0.15, -0.1) is 0 Å². The number of anilines is 1. The highest BCUT2D eigenvalue weighted by Crippen LogP contribution is 2.28. The van der Waals surface area contributed by atoms with Gasteiger partial charge in [-0.3, -0.25) is 0 Å². The molecule has 0 aromatic carbocycles. The first-order chi connectivity index (χ1) is 9.24. The molecule has 0 unspecified atom stereocenters. The van der Waals surface area contributed by atoms with Crippen molar-refractivity contribution in [2.75, 3.05) is 18.0 Å². The molecule has 4 nitrogen and oxygen atoms in total. The van der Waals surface area contributed by atoms with Crippen molar-refractivity contribution in [1.29, 1.82) is 0 Å². The summed E-state index contributed by atoms with van der Waals surface area (Å²) in [6.07, 6.45) is 8.27. The van der Waals surface area contributed by atoms with Gasteiger partial charge >= 0.3 is 0 Å². The summed E-state index contributed by atoms with van der Waals surface area (Å²) in [4.78, 5) is 10.2. The minimum absolute atomic E-state index is 0.287. The number of nitrogens with zero attached hydrogens (tertiary/aromatic N) is 3. The molecule has 0 aliphatic heterocycles. The summed E-state index contributed by atoms with van der Waals surface area (Å²) >= 11 is 0. The van der Waals surface area contributed by atoms with Crippen LogP contribution < -0.4 is 10.6 Å². The summed E-state index contributed by atoms with van der Waals surface area (Å²) in [7, 11) is 0. The van der Waals surface area contributed by atoms with E-state index in [2.05, 4.69) is 14.9 Å². The van der Waals surface area contributed by atoms with Crippen molar-refractivity contribution in [2.24, 2.45) is 5.73 Å². The summed E-state index contributed by atoms with van der Waals surface area (Å²) in [5, 5.41) is 0. The van der Waals surface area contributed by atoms with E-state index in [1.54, 1.807) is 6.92 Å². The summed E-state index contributed by atoms with van der Waals surface area (Å²) in [6.45, 7) is 3.08. The Morgan fingerprint density at radius 3 is 2.74 bits per heavy atom. The Morgan fingerprint density at radius 2 is 2.05 bits per heavy atom. The highest BCUT2D eigenvalue weighted by molar-refractivity contribution is 5.42. The summed E-state index contributed by atoms with van der Waals surface area (Å²) in [6, 6.07) is 0.393. The van der Waals surface area contributed by atoms with Gasteiger partial charge in [0.05, 0.1) is 5.69 Å². The summed E-state index contributed by atoms with van der Waals surface area (Å²) < 4.78 is 14.2. The van der Waals surface area contributed by atoms with E-state index in [1.807, 2.05) is 0 Å². The lowest BCUT2D eigenvalue weighted by Gasteiger charge is -2.35. The van der Waals surface area contributed by atoms with Crippen LogP contribution >= 0.6 is 0 Å². The Bertz CT molecular complexity index is 404. The van der Waals surface area contributed by atoms with Crippen LogP contribution in [0, 0.1) is 12.7 Å². The zero-order valence-electron chi connectivity index (χ0n) is 11.6. The maximum atomic E-state index is 14.2. The monoisotopic (exact) mass is 266 g/mol. The van der Waals surface area contributed by atoms with Crippen LogP contribution in [0.1, 0.15) is 44.2 Å². The Kier molecular flexibility index (Phi) is 5.07. The molecule has 0 bridgehead atoms. The number of halogens is 1. The number of rotatable bonds is 5. The predicted molar refractivity (Wildman–Crippen MR) is 74.6 cm³/mol. The lowest BCUT2D eigenvalue weighted by molar-refractivity contribution is 0.406. The SMILES string of the molecule is Cc1ncnc(N(CCCN)C2CCCCC2)c1F.